The molecule has 5 heterocycles. The van der Waals surface area contributed by atoms with Crippen LogP contribution < -0.4 is 0 Å². The lowest BCUT2D eigenvalue weighted by atomic mass is 10.0. The average Bonchev–Trinajstić information content (AvgIpc) is 3.98. The standard InChI is InChI=1S/C49H27N5O3/c1-3-14-28(15-4-1)42-45-43(31-19-8-10-25-37(31)56-45)51-47(50-42)34-22-13-27-39-41(34)32-20-11-23-35(44(32)57-39)49-53-46(29-16-5-2-6-17-29)52-48(54-49)33-21-12-26-38-40(33)30-18-7-9-24-36(30)55-38/h1-27H. The summed E-state index contributed by atoms with van der Waals surface area (Å²) in [6, 6.07) is 54.1. The number of hydrogen-bond donors (Lipinski definition) is 0. The minimum atomic E-state index is 0.490. The third kappa shape index (κ3) is 4.91. The summed E-state index contributed by atoms with van der Waals surface area (Å²) in [5.74, 6) is 2.15. The molecule has 0 spiro atoms. The highest BCUT2D eigenvalue weighted by Gasteiger charge is 2.24. The summed E-state index contributed by atoms with van der Waals surface area (Å²) in [4.78, 5) is 25.7. The highest BCUT2D eigenvalue weighted by molar-refractivity contribution is 6.16. The van der Waals surface area contributed by atoms with Gasteiger partial charge in [0.25, 0.3) is 0 Å². The number of hydrogen-bond acceptors (Lipinski definition) is 8. The van der Waals surface area contributed by atoms with Crippen LogP contribution in [0.5, 0.6) is 0 Å². The third-order valence-electron chi connectivity index (χ3n) is 10.6. The molecule has 0 fully saturated rings. The van der Waals surface area contributed by atoms with Crippen LogP contribution >= 0.6 is 0 Å². The highest BCUT2D eigenvalue weighted by Crippen LogP contribution is 2.42. The minimum absolute atomic E-state index is 0.490. The SMILES string of the molecule is c1ccc(-c2nc(-c3cccc4c3oc3cccc(-c5nc(-c6ccccc6)c6oc7ccccc7c6n5)c34)nc(-c3cccc4oc5ccccc5c34)n2)cc1. The number of rotatable bonds is 5. The van der Waals surface area contributed by atoms with E-state index in [0.29, 0.717) is 40.0 Å². The van der Waals surface area contributed by atoms with Crippen molar-refractivity contribution in [3.05, 3.63) is 164 Å². The second-order valence-electron chi connectivity index (χ2n) is 14.0. The van der Waals surface area contributed by atoms with Gasteiger partial charge in [-0.25, -0.2) is 24.9 Å². The summed E-state index contributed by atoms with van der Waals surface area (Å²) >= 11 is 0. The fourth-order valence-electron chi connectivity index (χ4n) is 8.01. The number of aromatic nitrogens is 5. The lowest BCUT2D eigenvalue weighted by molar-refractivity contribution is 0.667. The van der Waals surface area contributed by atoms with Gasteiger partial charge < -0.3 is 13.3 Å². The molecule has 12 aromatic rings. The summed E-state index contributed by atoms with van der Waals surface area (Å²) in [5.41, 5.74) is 10.1. The zero-order chi connectivity index (χ0) is 37.5. The van der Waals surface area contributed by atoms with Gasteiger partial charge in [-0.05, 0) is 36.4 Å². The van der Waals surface area contributed by atoms with E-state index in [1.165, 1.54) is 0 Å². The molecule has 0 bridgehead atoms. The maximum Gasteiger partial charge on any atom is 0.180 e. The van der Waals surface area contributed by atoms with Crippen LogP contribution in [0.2, 0.25) is 0 Å². The van der Waals surface area contributed by atoms with Gasteiger partial charge in [0.2, 0.25) is 0 Å². The molecule has 0 amide bonds. The fraction of sp³-hybridized carbons (Fsp3) is 0. The highest BCUT2D eigenvalue weighted by atomic mass is 16.3. The van der Waals surface area contributed by atoms with Crippen LogP contribution in [-0.4, -0.2) is 24.9 Å². The van der Waals surface area contributed by atoms with Crippen molar-refractivity contribution in [3.63, 3.8) is 0 Å². The molecule has 5 aromatic heterocycles. The van der Waals surface area contributed by atoms with E-state index in [1.54, 1.807) is 0 Å². The molecule has 0 saturated carbocycles. The van der Waals surface area contributed by atoms with Crippen molar-refractivity contribution in [1.29, 1.82) is 0 Å². The van der Waals surface area contributed by atoms with Crippen molar-refractivity contribution in [2.45, 2.75) is 0 Å². The average molecular weight is 734 g/mol. The van der Waals surface area contributed by atoms with Crippen molar-refractivity contribution < 1.29 is 13.3 Å². The van der Waals surface area contributed by atoms with E-state index in [1.807, 2.05) is 152 Å². The van der Waals surface area contributed by atoms with Gasteiger partial charge in [-0.1, -0.05) is 127 Å². The smallest absolute Gasteiger partial charge is 0.180 e. The van der Waals surface area contributed by atoms with Gasteiger partial charge in [0, 0.05) is 49.2 Å². The molecule has 0 radical (unpaired) electrons. The van der Waals surface area contributed by atoms with Gasteiger partial charge in [-0.15, -0.1) is 0 Å². The molecule has 0 aliphatic rings. The molecule has 0 N–H and O–H groups in total. The van der Waals surface area contributed by atoms with Gasteiger partial charge in [0.15, 0.2) is 28.9 Å². The second-order valence-corrected chi connectivity index (χ2v) is 14.0. The summed E-state index contributed by atoms with van der Waals surface area (Å²) < 4.78 is 19.4. The van der Waals surface area contributed by atoms with Crippen molar-refractivity contribution in [1.82, 2.24) is 24.9 Å². The first-order valence-corrected chi connectivity index (χ1v) is 18.7. The largest absolute Gasteiger partial charge is 0.456 e. The molecular weight excluding hydrogens is 707 g/mol. The van der Waals surface area contributed by atoms with Crippen LogP contribution in [0, 0.1) is 0 Å². The first-order valence-electron chi connectivity index (χ1n) is 18.7. The predicted molar refractivity (Wildman–Crippen MR) is 224 cm³/mol. The Balaban J connectivity index is 1.10. The van der Waals surface area contributed by atoms with Crippen molar-refractivity contribution in [2.75, 3.05) is 0 Å². The third-order valence-corrected chi connectivity index (χ3v) is 10.6. The molecule has 8 heteroatoms. The van der Waals surface area contributed by atoms with Crippen LogP contribution in [0.15, 0.2) is 177 Å². The Morgan fingerprint density at radius 3 is 1.54 bits per heavy atom. The van der Waals surface area contributed by atoms with Gasteiger partial charge in [-0.2, -0.15) is 0 Å². The zero-order valence-corrected chi connectivity index (χ0v) is 30.0. The number of furan rings is 3. The van der Waals surface area contributed by atoms with Gasteiger partial charge in [0.1, 0.15) is 39.1 Å². The lowest BCUT2D eigenvalue weighted by Crippen LogP contribution is -2.00. The number of benzene rings is 7. The first kappa shape index (κ1) is 31.4. The van der Waals surface area contributed by atoms with Crippen LogP contribution in [0.4, 0.5) is 0 Å². The van der Waals surface area contributed by atoms with E-state index in [4.69, 9.17) is 38.2 Å². The second kappa shape index (κ2) is 12.3. The van der Waals surface area contributed by atoms with E-state index in [2.05, 4.69) is 12.1 Å². The van der Waals surface area contributed by atoms with Crippen LogP contribution in [0.3, 0.4) is 0 Å². The lowest BCUT2D eigenvalue weighted by Gasteiger charge is -2.09. The summed E-state index contributed by atoms with van der Waals surface area (Å²) in [7, 11) is 0. The van der Waals surface area contributed by atoms with Crippen molar-refractivity contribution in [2.24, 2.45) is 0 Å². The Labute approximate surface area is 323 Å². The van der Waals surface area contributed by atoms with E-state index in [9.17, 15) is 0 Å². The molecule has 0 unspecified atom stereocenters. The Kier molecular flexibility index (Phi) is 6.76. The quantitative estimate of drug-likeness (QED) is 0.172. The summed E-state index contributed by atoms with van der Waals surface area (Å²) in [5, 5.41) is 4.67. The maximum absolute atomic E-state index is 6.77. The topological polar surface area (TPSA) is 104 Å². The Bertz CT molecular complexity index is 3530. The Morgan fingerprint density at radius 1 is 0.298 bits per heavy atom. The summed E-state index contributed by atoms with van der Waals surface area (Å²) in [6.45, 7) is 0. The molecule has 7 aromatic carbocycles. The van der Waals surface area contributed by atoms with Crippen LogP contribution in [0.1, 0.15) is 0 Å². The monoisotopic (exact) mass is 733 g/mol. The molecule has 266 valence electrons. The molecule has 12 rings (SSSR count). The minimum Gasteiger partial charge on any atom is -0.456 e. The predicted octanol–water partition coefficient (Wildman–Crippen LogP) is 12.7. The molecule has 8 nitrogen and oxygen atoms in total. The summed E-state index contributed by atoms with van der Waals surface area (Å²) in [6.07, 6.45) is 0. The molecule has 0 saturated heterocycles. The van der Waals surface area contributed by atoms with E-state index in [-0.39, 0.29) is 0 Å². The number of fused-ring (bicyclic) bond motifs is 9. The van der Waals surface area contributed by atoms with Crippen LogP contribution in [-0.2, 0) is 0 Å². The van der Waals surface area contributed by atoms with E-state index in [0.717, 1.165) is 82.7 Å². The Hall–Kier alpha value is -7.97. The molecular formula is C49H27N5O3. The molecule has 0 atom stereocenters. The molecule has 0 aliphatic carbocycles. The van der Waals surface area contributed by atoms with Crippen LogP contribution in [0.25, 0.3) is 123 Å². The van der Waals surface area contributed by atoms with Gasteiger partial charge in [-0.3, -0.25) is 0 Å². The number of nitrogens with zero attached hydrogens (tertiary/aromatic N) is 5. The van der Waals surface area contributed by atoms with Gasteiger partial charge >= 0.3 is 0 Å². The number of para-hydroxylation sites is 3. The molecule has 0 aliphatic heterocycles. The molecule has 57 heavy (non-hydrogen) atoms. The van der Waals surface area contributed by atoms with Gasteiger partial charge in [0.05, 0.1) is 5.56 Å². The maximum atomic E-state index is 6.77. The zero-order valence-electron chi connectivity index (χ0n) is 30.0. The van der Waals surface area contributed by atoms with Crippen molar-refractivity contribution in [3.8, 4) is 56.8 Å². The fourth-order valence-corrected chi connectivity index (χ4v) is 8.01. The van der Waals surface area contributed by atoms with E-state index < -0.39 is 0 Å². The normalized spacial score (nSPS) is 11.9. The van der Waals surface area contributed by atoms with E-state index >= 15 is 0 Å². The first-order chi connectivity index (χ1) is 28.2. The van der Waals surface area contributed by atoms with Crippen molar-refractivity contribution >= 4 is 65.9 Å². The Morgan fingerprint density at radius 2 is 0.789 bits per heavy atom.